The summed E-state index contributed by atoms with van der Waals surface area (Å²) in [5.41, 5.74) is 0.0219. The minimum absolute atomic E-state index is 0.0219. The number of carbonyl (C=O) groups excluding carboxylic acids is 2. The number of nitrogens with zero attached hydrogens (tertiary/aromatic N) is 3. The molecule has 0 radical (unpaired) electrons. The Morgan fingerprint density at radius 1 is 1.38 bits per heavy atom. The van der Waals surface area contributed by atoms with Gasteiger partial charge in [-0.1, -0.05) is 40.6 Å². The smallest absolute Gasteiger partial charge is 0.358 e. The molecule has 1 aromatic carbocycles. The number of hydrogen-bond acceptors (Lipinski definition) is 7. The molecule has 0 saturated heterocycles. The molecule has 0 aliphatic heterocycles. The minimum atomic E-state index is -1.51. The SMILES string of the molecule is N#C[C@H](C(=O)C(=O)Nc1nc([N+](=O)[O-])cs1)c1c(Cl)cccc1Cl. The van der Waals surface area contributed by atoms with Crippen LogP contribution in [-0.4, -0.2) is 21.6 Å². The first-order valence-corrected chi connectivity index (χ1v) is 7.77. The van der Waals surface area contributed by atoms with Gasteiger partial charge in [-0.05, 0) is 22.0 Å². The van der Waals surface area contributed by atoms with Gasteiger partial charge < -0.3 is 10.1 Å². The maximum absolute atomic E-state index is 12.2. The standard InChI is InChI=1S/C13H6Cl2N4O4S/c14-7-2-1-3-8(15)10(7)6(4-16)11(20)12(21)18-13-17-9(5-24-13)19(22)23/h1-3,5-6H,(H,17,18,21)/t6-/m0/s1. The fourth-order valence-corrected chi connectivity index (χ4v) is 3.01. The van der Waals surface area contributed by atoms with Crippen LogP contribution in [0.1, 0.15) is 11.5 Å². The van der Waals surface area contributed by atoms with Gasteiger partial charge in [0.15, 0.2) is 0 Å². The van der Waals surface area contributed by atoms with E-state index in [4.69, 9.17) is 23.2 Å². The molecule has 122 valence electrons. The number of anilines is 1. The summed E-state index contributed by atoms with van der Waals surface area (Å²) in [5.74, 6) is -4.23. The van der Waals surface area contributed by atoms with E-state index >= 15 is 0 Å². The average Bonchev–Trinajstić information content (AvgIpc) is 2.99. The third kappa shape index (κ3) is 3.68. The topological polar surface area (TPSA) is 126 Å². The highest BCUT2D eigenvalue weighted by molar-refractivity contribution is 7.14. The predicted molar refractivity (Wildman–Crippen MR) is 87.2 cm³/mol. The molecule has 0 saturated carbocycles. The highest BCUT2D eigenvalue weighted by Crippen LogP contribution is 2.32. The lowest BCUT2D eigenvalue weighted by atomic mass is 9.95. The van der Waals surface area contributed by atoms with Crippen LogP contribution in [0.2, 0.25) is 10.0 Å². The lowest BCUT2D eigenvalue weighted by Gasteiger charge is -2.11. The number of aromatic nitrogens is 1. The summed E-state index contributed by atoms with van der Waals surface area (Å²) < 4.78 is 0. The molecule has 2 rings (SSSR count). The van der Waals surface area contributed by atoms with Crippen molar-refractivity contribution < 1.29 is 14.5 Å². The van der Waals surface area contributed by atoms with Crippen molar-refractivity contribution >= 4 is 57.2 Å². The second-order valence-electron chi connectivity index (χ2n) is 4.28. The second kappa shape index (κ2) is 7.35. The van der Waals surface area contributed by atoms with Gasteiger partial charge in [0.1, 0.15) is 5.92 Å². The number of amides is 1. The van der Waals surface area contributed by atoms with Crippen molar-refractivity contribution in [1.29, 1.82) is 5.26 Å². The molecule has 1 atom stereocenters. The molecular weight excluding hydrogens is 379 g/mol. The molecule has 0 bridgehead atoms. The Morgan fingerprint density at radius 2 is 2.00 bits per heavy atom. The zero-order chi connectivity index (χ0) is 17.9. The van der Waals surface area contributed by atoms with Gasteiger partial charge in [0.05, 0.1) is 11.4 Å². The Labute approximate surface area is 148 Å². The third-order valence-electron chi connectivity index (χ3n) is 2.80. The molecule has 24 heavy (non-hydrogen) atoms. The predicted octanol–water partition coefficient (Wildman–Crippen LogP) is 3.17. The zero-order valence-corrected chi connectivity index (χ0v) is 13.9. The first-order chi connectivity index (χ1) is 11.3. The summed E-state index contributed by atoms with van der Waals surface area (Å²) in [6.45, 7) is 0. The van der Waals surface area contributed by atoms with E-state index in [9.17, 15) is 25.0 Å². The summed E-state index contributed by atoms with van der Waals surface area (Å²) in [4.78, 5) is 37.5. The van der Waals surface area contributed by atoms with Crippen molar-refractivity contribution in [3.63, 3.8) is 0 Å². The van der Waals surface area contributed by atoms with E-state index in [0.717, 1.165) is 16.7 Å². The van der Waals surface area contributed by atoms with Crippen LogP contribution in [0.3, 0.4) is 0 Å². The monoisotopic (exact) mass is 384 g/mol. The van der Waals surface area contributed by atoms with E-state index in [-0.39, 0.29) is 20.7 Å². The number of nitriles is 1. The molecule has 1 aromatic heterocycles. The lowest BCUT2D eigenvalue weighted by molar-refractivity contribution is -0.389. The van der Waals surface area contributed by atoms with E-state index in [0.29, 0.717) is 0 Å². The number of nitro groups is 1. The van der Waals surface area contributed by atoms with E-state index in [1.807, 2.05) is 0 Å². The second-order valence-corrected chi connectivity index (χ2v) is 5.96. The van der Waals surface area contributed by atoms with Gasteiger partial charge in [-0.2, -0.15) is 5.26 Å². The Hall–Kier alpha value is -2.54. The number of Topliss-reactive ketones (excluding diaryl/α,β-unsaturated/α-hetero) is 1. The van der Waals surface area contributed by atoms with Crippen molar-refractivity contribution in [3.8, 4) is 6.07 Å². The first-order valence-electron chi connectivity index (χ1n) is 6.13. The van der Waals surface area contributed by atoms with E-state index < -0.39 is 28.3 Å². The number of halogens is 2. The molecule has 8 nitrogen and oxygen atoms in total. The Morgan fingerprint density at radius 3 is 2.50 bits per heavy atom. The molecule has 0 unspecified atom stereocenters. The highest BCUT2D eigenvalue weighted by Gasteiger charge is 2.31. The van der Waals surface area contributed by atoms with Gasteiger partial charge in [0.25, 0.3) is 5.91 Å². The van der Waals surface area contributed by atoms with Crippen LogP contribution in [-0.2, 0) is 9.59 Å². The quantitative estimate of drug-likeness (QED) is 0.479. The van der Waals surface area contributed by atoms with Crippen LogP contribution in [0.4, 0.5) is 10.9 Å². The molecular formula is C13H6Cl2N4O4S. The van der Waals surface area contributed by atoms with E-state index in [1.165, 1.54) is 18.2 Å². The van der Waals surface area contributed by atoms with Crippen LogP contribution in [0.25, 0.3) is 0 Å². The van der Waals surface area contributed by atoms with Crippen molar-refractivity contribution in [2.24, 2.45) is 0 Å². The van der Waals surface area contributed by atoms with Crippen LogP contribution >= 0.6 is 34.5 Å². The number of thiazole rings is 1. The number of hydrogen-bond donors (Lipinski definition) is 1. The molecule has 1 heterocycles. The van der Waals surface area contributed by atoms with Gasteiger partial charge >= 0.3 is 10.9 Å². The molecule has 0 aliphatic carbocycles. The number of rotatable bonds is 5. The summed E-state index contributed by atoms with van der Waals surface area (Å²) >= 11 is 12.7. The lowest BCUT2D eigenvalue weighted by Crippen LogP contribution is -2.28. The van der Waals surface area contributed by atoms with Gasteiger partial charge in [-0.25, -0.2) is 0 Å². The van der Waals surface area contributed by atoms with Crippen molar-refractivity contribution in [1.82, 2.24) is 4.98 Å². The maximum Gasteiger partial charge on any atom is 0.376 e. The Kier molecular flexibility index (Phi) is 5.46. The molecule has 11 heteroatoms. The molecule has 1 amide bonds. The van der Waals surface area contributed by atoms with Crippen LogP contribution in [0.5, 0.6) is 0 Å². The zero-order valence-electron chi connectivity index (χ0n) is 11.5. The van der Waals surface area contributed by atoms with E-state index in [2.05, 4.69) is 10.3 Å². The molecule has 1 N–H and O–H groups in total. The minimum Gasteiger partial charge on any atom is -0.358 e. The molecule has 2 aromatic rings. The summed E-state index contributed by atoms with van der Waals surface area (Å²) in [6, 6.07) is 6.08. The summed E-state index contributed by atoms with van der Waals surface area (Å²) in [5, 5.41) is 23.0. The third-order valence-corrected chi connectivity index (χ3v) is 4.21. The maximum atomic E-state index is 12.2. The molecule has 0 spiro atoms. The fourth-order valence-electron chi connectivity index (χ4n) is 1.74. The van der Waals surface area contributed by atoms with Gasteiger partial charge in [-0.15, -0.1) is 0 Å². The molecule has 0 aliphatic rings. The normalized spacial score (nSPS) is 11.4. The Bertz CT molecular complexity index is 857. The largest absolute Gasteiger partial charge is 0.376 e. The van der Waals surface area contributed by atoms with E-state index in [1.54, 1.807) is 6.07 Å². The highest BCUT2D eigenvalue weighted by atomic mass is 35.5. The van der Waals surface area contributed by atoms with Crippen molar-refractivity contribution in [3.05, 3.63) is 49.3 Å². The van der Waals surface area contributed by atoms with Crippen LogP contribution in [0, 0.1) is 21.4 Å². The fraction of sp³-hybridized carbons (Fsp3) is 0.0769. The van der Waals surface area contributed by atoms with Gasteiger partial charge in [0.2, 0.25) is 5.78 Å². The number of nitrogens with one attached hydrogen (secondary N) is 1. The number of carbonyl (C=O) groups is 2. The summed E-state index contributed by atoms with van der Waals surface area (Å²) in [6.07, 6.45) is 0. The van der Waals surface area contributed by atoms with Crippen LogP contribution in [0.15, 0.2) is 23.6 Å². The molecule has 0 fully saturated rings. The van der Waals surface area contributed by atoms with Gasteiger partial charge in [0, 0.05) is 15.6 Å². The van der Waals surface area contributed by atoms with Crippen LogP contribution < -0.4 is 5.32 Å². The van der Waals surface area contributed by atoms with Crippen molar-refractivity contribution in [2.75, 3.05) is 5.32 Å². The summed E-state index contributed by atoms with van der Waals surface area (Å²) in [7, 11) is 0. The Balaban J connectivity index is 2.23. The average molecular weight is 385 g/mol. The number of ketones is 1. The van der Waals surface area contributed by atoms with Crippen molar-refractivity contribution in [2.45, 2.75) is 5.92 Å². The van der Waals surface area contributed by atoms with Gasteiger partial charge in [-0.3, -0.25) is 14.9 Å². The number of benzene rings is 1. The first kappa shape index (κ1) is 17.8.